The van der Waals surface area contributed by atoms with Gasteiger partial charge in [0, 0.05) is 25.5 Å². The van der Waals surface area contributed by atoms with Crippen LogP contribution in [0.25, 0.3) is 16.9 Å². The summed E-state index contributed by atoms with van der Waals surface area (Å²) in [7, 11) is 1.64. The summed E-state index contributed by atoms with van der Waals surface area (Å²) in [4.78, 5) is 30.2. The van der Waals surface area contributed by atoms with Gasteiger partial charge in [0.1, 0.15) is 0 Å². The molecule has 8 heteroatoms. The van der Waals surface area contributed by atoms with Crippen molar-refractivity contribution in [3.8, 4) is 0 Å². The Morgan fingerprint density at radius 2 is 2.15 bits per heavy atom. The molecule has 1 aliphatic heterocycles. The standard InChI is InChI=1S/C18H23N5O3/c1-11(2)8-23-16(24)14-15(20(4)18(23)25)19-17-21(12(3)9-22(14)17)10-13-6-5-7-26-13/h9,13H,1,5-8,10H2,2-4H3. The van der Waals surface area contributed by atoms with Crippen molar-refractivity contribution < 1.29 is 4.74 Å². The van der Waals surface area contributed by atoms with Gasteiger partial charge in [0.05, 0.1) is 19.2 Å². The maximum absolute atomic E-state index is 13.0. The number of fused-ring (bicyclic) bond motifs is 3. The van der Waals surface area contributed by atoms with Crippen molar-refractivity contribution in [2.45, 2.75) is 45.9 Å². The zero-order valence-electron chi connectivity index (χ0n) is 15.4. The molecule has 0 aromatic carbocycles. The highest BCUT2D eigenvalue weighted by atomic mass is 16.5. The molecule has 0 radical (unpaired) electrons. The summed E-state index contributed by atoms with van der Waals surface area (Å²) in [5.74, 6) is 0.660. The third-order valence-electron chi connectivity index (χ3n) is 4.98. The Bertz CT molecular complexity index is 1140. The Morgan fingerprint density at radius 1 is 1.38 bits per heavy atom. The van der Waals surface area contributed by atoms with Crippen LogP contribution in [0.2, 0.25) is 0 Å². The van der Waals surface area contributed by atoms with E-state index < -0.39 is 0 Å². The number of imidazole rings is 2. The molecular formula is C18H23N5O3. The van der Waals surface area contributed by atoms with Gasteiger partial charge in [0.2, 0.25) is 5.78 Å². The molecule has 0 saturated carbocycles. The van der Waals surface area contributed by atoms with E-state index in [0.717, 1.165) is 30.7 Å². The Labute approximate surface area is 149 Å². The number of ether oxygens (including phenoxy) is 1. The van der Waals surface area contributed by atoms with E-state index in [9.17, 15) is 9.59 Å². The lowest BCUT2D eigenvalue weighted by Gasteiger charge is -2.11. The molecular weight excluding hydrogens is 334 g/mol. The van der Waals surface area contributed by atoms with E-state index in [1.54, 1.807) is 18.4 Å². The predicted octanol–water partition coefficient (Wildman–Crippen LogP) is 1.21. The van der Waals surface area contributed by atoms with Crippen LogP contribution in [0.4, 0.5) is 0 Å². The molecule has 0 aliphatic carbocycles. The minimum atomic E-state index is -0.381. The van der Waals surface area contributed by atoms with Crippen LogP contribution in [-0.4, -0.2) is 35.8 Å². The summed E-state index contributed by atoms with van der Waals surface area (Å²) in [5, 5.41) is 0. The van der Waals surface area contributed by atoms with E-state index in [-0.39, 0.29) is 23.9 Å². The van der Waals surface area contributed by atoms with Crippen molar-refractivity contribution in [2.24, 2.45) is 7.05 Å². The van der Waals surface area contributed by atoms with Gasteiger partial charge < -0.3 is 9.30 Å². The van der Waals surface area contributed by atoms with Crippen LogP contribution in [0.1, 0.15) is 25.5 Å². The van der Waals surface area contributed by atoms with Crippen LogP contribution >= 0.6 is 0 Å². The lowest BCUT2D eigenvalue weighted by molar-refractivity contribution is 0.0974. The second-order valence-corrected chi connectivity index (χ2v) is 7.16. The van der Waals surface area contributed by atoms with Gasteiger partial charge in [-0.2, -0.15) is 4.98 Å². The number of nitrogens with zero attached hydrogens (tertiary/aromatic N) is 5. The molecule has 3 aromatic heterocycles. The average Bonchev–Trinajstić information content (AvgIpc) is 3.28. The molecule has 0 spiro atoms. The Kier molecular flexibility index (Phi) is 3.87. The second kappa shape index (κ2) is 5.98. The number of rotatable bonds is 4. The van der Waals surface area contributed by atoms with Gasteiger partial charge in [-0.05, 0) is 26.7 Å². The molecule has 1 atom stereocenters. The van der Waals surface area contributed by atoms with Gasteiger partial charge in [-0.3, -0.25) is 18.3 Å². The number of aryl methyl sites for hydroxylation is 2. The van der Waals surface area contributed by atoms with Gasteiger partial charge in [-0.15, -0.1) is 0 Å². The molecule has 0 bridgehead atoms. The first-order valence-corrected chi connectivity index (χ1v) is 8.82. The van der Waals surface area contributed by atoms with Crippen LogP contribution in [0.5, 0.6) is 0 Å². The summed E-state index contributed by atoms with van der Waals surface area (Å²) >= 11 is 0. The van der Waals surface area contributed by atoms with Crippen LogP contribution in [-0.2, 0) is 24.9 Å². The van der Waals surface area contributed by atoms with Crippen LogP contribution in [0, 0.1) is 6.92 Å². The van der Waals surface area contributed by atoms with Gasteiger partial charge in [-0.1, -0.05) is 12.2 Å². The SMILES string of the molecule is C=C(C)Cn1c(=O)c2c(nc3n(CC4CCCO4)c(C)cn23)n(C)c1=O. The van der Waals surface area contributed by atoms with Gasteiger partial charge >= 0.3 is 5.69 Å². The van der Waals surface area contributed by atoms with E-state index in [4.69, 9.17) is 4.74 Å². The number of allylic oxidation sites excluding steroid dienone is 1. The topological polar surface area (TPSA) is 75.5 Å². The van der Waals surface area contributed by atoms with Crippen molar-refractivity contribution in [2.75, 3.05) is 6.61 Å². The fourth-order valence-electron chi connectivity index (χ4n) is 3.68. The minimum Gasteiger partial charge on any atom is -0.376 e. The highest BCUT2D eigenvalue weighted by Gasteiger charge is 2.23. The quantitative estimate of drug-likeness (QED) is 0.658. The number of aromatic nitrogens is 5. The summed E-state index contributed by atoms with van der Waals surface area (Å²) in [6, 6.07) is 0. The van der Waals surface area contributed by atoms with E-state index in [0.29, 0.717) is 23.5 Å². The first-order valence-electron chi connectivity index (χ1n) is 8.82. The summed E-state index contributed by atoms with van der Waals surface area (Å²) in [6.45, 7) is 9.29. The van der Waals surface area contributed by atoms with Crippen molar-refractivity contribution in [3.05, 3.63) is 44.9 Å². The van der Waals surface area contributed by atoms with Crippen molar-refractivity contribution in [1.29, 1.82) is 0 Å². The normalized spacial score (nSPS) is 17.6. The monoisotopic (exact) mass is 357 g/mol. The second-order valence-electron chi connectivity index (χ2n) is 7.16. The molecule has 1 fully saturated rings. The Hall–Kier alpha value is -2.61. The van der Waals surface area contributed by atoms with E-state index in [1.165, 1.54) is 9.13 Å². The third kappa shape index (κ3) is 2.44. The molecule has 138 valence electrons. The summed E-state index contributed by atoms with van der Waals surface area (Å²) in [6.07, 6.45) is 4.15. The van der Waals surface area contributed by atoms with Gasteiger partial charge in [0.15, 0.2) is 11.2 Å². The van der Waals surface area contributed by atoms with Crippen LogP contribution in [0.15, 0.2) is 27.9 Å². The maximum Gasteiger partial charge on any atom is 0.332 e. The fourth-order valence-corrected chi connectivity index (χ4v) is 3.68. The van der Waals surface area contributed by atoms with E-state index in [2.05, 4.69) is 16.1 Å². The molecule has 26 heavy (non-hydrogen) atoms. The van der Waals surface area contributed by atoms with E-state index >= 15 is 0 Å². The number of hydrogen-bond acceptors (Lipinski definition) is 4. The average molecular weight is 357 g/mol. The zero-order chi connectivity index (χ0) is 18.6. The maximum atomic E-state index is 13.0. The summed E-state index contributed by atoms with van der Waals surface area (Å²) in [5.41, 5.74) is 1.84. The highest BCUT2D eigenvalue weighted by molar-refractivity contribution is 5.75. The molecule has 1 unspecified atom stereocenters. The Balaban J connectivity index is 1.98. The number of hydrogen-bond donors (Lipinski definition) is 0. The lowest BCUT2D eigenvalue weighted by Crippen LogP contribution is -2.39. The molecule has 4 heterocycles. The van der Waals surface area contributed by atoms with Crippen LogP contribution in [0.3, 0.4) is 0 Å². The highest BCUT2D eigenvalue weighted by Crippen LogP contribution is 2.20. The molecule has 1 aliphatic rings. The largest absolute Gasteiger partial charge is 0.376 e. The smallest absolute Gasteiger partial charge is 0.332 e. The zero-order valence-corrected chi connectivity index (χ0v) is 15.4. The molecule has 0 amide bonds. The van der Waals surface area contributed by atoms with Gasteiger partial charge in [-0.25, -0.2) is 4.79 Å². The predicted molar refractivity (Wildman–Crippen MR) is 98.7 cm³/mol. The molecule has 4 rings (SSSR count). The Morgan fingerprint density at radius 3 is 2.81 bits per heavy atom. The van der Waals surface area contributed by atoms with Gasteiger partial charge in [0.25, 0.3) is 5.56 Å². The van der Waals surface area contributed by atoms with E-state index in [1.807, 2.05) is 13.1 Å². The minimum absolute atomic E-state index is 0.161. The first-order chi connectivity index (χ1) is 12.4. The fraction of sp³-hybridized carbons (Fsp3) is 0.500. The summed E-state index contributed by atoms with van der Waals surface area (Å²) < 4.78 is 12.2. The molecule has 3 aromatic rings. The van der Waals surface area contributed by atoms with Crippen molar-refractivity contribution in [3.63, 3.8) is 0 Å². The molecule has 1 saturated heterocycles. The van der Waals surface area contributed by atoms with Crippen molar-refractivity contribution in [1.82, 2.24) is 23.1 Å². The van der Waals surface area contributed by atoms with Crippen LogP contribution < -0.4 is 11.2 Å². The lowest BCUT2D eigenvalue weighted by atomic mass is 10.2. The third-order valence-corrected chi connectivity index (χ3v) is 4.98. The molecule has 0 N–H and O–H groups in total. The van der Waals surface area contributed by atoms with Crippen molar-refractivity contribution >= 4 is 16.9 Å². The molecule has 8 nitrogen and oxygen atoms in total. The first kappa shape index (κ1) is 16.8.